The van der Waals surface area contributed by atoms with Gasteiger partial charge in [-0.05, 0) is 74.5 Å². The van der Waals surface area contributed by atoms with Gasteiger partial charge in [-0.15, -0.1) is 0 Å². The van der Waals surface area contributed by atoms with Crippen LogP contribution in [0.3, 0.4) is 0 Å². The van der Waals surface area contributed by atoms with Crippen molar-refractivity contribution < 1.29 is 19.1 Å². The lowest BCUT2D eigenvalue weighted by molar-refractivity contribution is -0.117. The van der Waals surface area contributed by atoms with Crippen molar-refractivity contribution in [3.05, 3.63) is 88.9 Å². The molecule has 0 radical (unpaired) electrons. The van der Waals surface area contributed by atoms with E-state index in [1.54, 1.807) is 55.6 Å². The molecule has 3 aromatic carbocycles. The summed E-state index contributed by atoms with van der Waals surface area (Å²) in [7, 11) is 1.60. The molecular weight excluding hydrogens is 516 g/mol. The number of amides is 3. The molecule has 0 bridgehead atoms. The fraction of sp³-hybridized carbons (Fsp3) is 0.300. The Kier molecular flexibility index (Phi) is 9.09. The minimum absolute atomic E-state index is 0.0128. The van der Waals surface area contributed by atoms with Gasteiger partial charge >= 0.3 is 0 Å². The maximum atomic E-state index is 13.0. The molecule has 1 fully saturated rings. The van der Waals surface area contributed by atoms with Crippen molar-refractivity contribution in [3.63, 3.8) is 0 Å². The average molecular weight is 549 g/mol. The summed E-state index contributed by atoms with van der Waals surface area (Å²) >= 11 is 6.20. The van der Waals surface area contributed by atoms with Gasteiger partial charge in [0, 0.05) is 49.2 Å². The molecule has 0 atom stereocenters. The number of methoxy groups -OCH3 is 1. The molecule has 1 aliphatic rings. The summed E-state index contributed by atoms with van der Waals surface area (Å²) in [6.45, 7) is 6.29. The number of nitrogens with zero attached hydrogens (tertiary/aromatic N) is 3. The lowest BCUT2D eigenvalue weighted by Gasteiger charge is -2.36. The van der Waals surface area contributed by atoms with Crippen molar-refractivity contribution in [2.24, 2.45) is 0 Å². The molecule has 3 aromatic rings. The van der Waals surface area contributed by atoms with Crippen LogP contribution in [-0.2, 0) is 4.79 Å². The lowest BCUT2D eigenvalue weighted by atomic mass is 10.1. The molecule has 9 heteroatoms. The van der Waals surface area contributed by atoms with E-state index < -0.39 is 0 Å². The molecule has 204 valence electrons. The van der Waals surface area contributed by atoms with Gasteiger partial charge < -0.3 is 24.8 Å². The lowest BCUT2D eigenvalue weighted by Crippen LogP contribution is -2.48. The molecule has 0 aliphatic carbocycles. The van der Waals surface area contributed by atoms with E-state index in [1.807, 2.05) is 43.0 Å². The van der Waals surface area contributed by atoms with Crippen molar-refractivity contribution in [2.45, 2.75) is 19.9 Å². The third-order valence-electron chi connectivity index (χ3n) is 6.72. The van der Waals surface area contributed by atoms with Crippen molar-refractivity contribution >= 4 is 40.7 Å². The number of hydrogen-bond acceptors (Lipinski definition) is 5. The summed E-state index contributed by atoms with van der Waals surface area (Å²) in [5.41, 5.74) is 2.68. The molecular formula is C30H33ClN4O4. The van der Waals surface area contributed by atoms with E-state index in [1.165, 1.54) is 4.90 Å². The number of carbonyl (C=O) groups excluding carboxylic acids is 3. The zero-order chi connectivity index (χ0) is 27.9. The van der Waals surface area contributed by atoms with Gasteiger partial charge in [-0.25, -0.2) is 0 Å². The Balaban J connectivity index is 1.30. The van der Waals surface area contributed by atoms with Gasteiger partial charge in [-0.3, -0.25) is 14.4 Å². The molecule has 1 aliphatic heterocycles. The normalized spacial score (nSPS) is 13.3. The van der Waals surface area contributed by atoms with Gasteiger partial charge in [-0.2, -0.15) is 0 Å². The standard InChI is InChI=1S/C30H33ClN4O4/c1-21(2)35(30(38)26-6-4-5-7-27(26)31)20-28(36)32-23-10-12-24(13-11-23)33-16-18-34(19-17-33)29(37)22-8-14-25(39-3)15-9-22/h4-15,21H,16-20H2,1-3H3,(H,32,36). The van der Waals surface area contributed by atoms with E-state index in [4.69, 9.17) is 16.3 Å². The highest BCUT2D eigenvalue weighted by molar-refractivity contribution is 6.33. The third-order valence-corrected chi connectivity index (χ3v) is 7.05. The summed E-state index contributed by atoms with van der Waals surface area (Å²) in [6, 6.07) is 21.4. The topological polar surface area (TPSA) is 82.2 Å². The smallest absolute Gasteiger partial charge is 0.256 e. The van der Waals surface area contributed by atoms with Gasteiger partial charge in [0.2, 0.25) is 5.91 Å². The Morgan fingerprint density at radius 3 is 2.15 bits per heavy atom. The molecule has 1 saturated heterocycles. The van der Waals surface area contributed by atoms with Gasteiger partial charge in [-0.1, -0.05) is 23.7 Å². The summed E-state index contributed by atoms with van der Waals surface area (Å²) in [4.78, 5) is 44.2. The number of piperazine rings is 1. The second-order valence-corrected chi connectivity index (χ2v) is 10.0. The van der Waals surface area contributed by atoms with Gasteiger partial charge in [0.25, 0.3) is 11.8 Å². The summed E-state index contributed by atoms with van der Waals surface area (Å²) in [5.74, 6) is 0.158. The maximum absolute atomic E-state index is 13.0. The second-order valence-electron chi connectivity index (χ2n) is 9.61. The van der Waals surface area contributed by atoms with Crippen molar-refractivity contribution in [2.75, 3.05) is 50.1 Å². The van der Waals surface area contributed by atoms with E-state index >= 15 is 0 Å². The molecule has 39 heavy (non-hydrogen) atoms. The number of rotatable bonds is 8. The van der Waals surface area contributed by atoms with Crippen LogP contribution < -0.4 is 15.0 Å². The van der Waals surface area contributed by atoms with Crippen LogP contribution in [0.5, 0.6) is 5.75 Å². The quantitative estimate of drug-likeness (QED) is 0.437. The highest BCUT2D eigenvalue weighted by Gasteiger charge is 2.24. The third kappa shape index (κ3) is 6.89. The van der Waals surface area contributed by atoms with Crippen LogP contribution in [0.15, 0.2) is 72.8 Å². The van der Waals surface area contributed by atoms with E-state index in [0.717, 1.165) is 11.4 Å². The van der Waals surface area contributed by atoms with E-state index in [0.29, 0.717) is 48.0 Å². The molecule has 1 N–H and O–H groups in total. The second kappa shape index (κ2) is 12.7. The Morgan fingerprint density at radius 2 is 1.56 bits per heavy atom. The molecule has 0 spiro atoms. The van der Waals surface area contributed by atoms with Crippen LogP contribution in [0, 0.1) is 0 Å². The molecule has 1 heterocycles. The molecule has 3 amide bonds. The van der Waals surface area contributed by atoms with Crippen LogP contribution in [0.4, 0.5) is 11.4 Å². The Morgan fingerprint density at radius 1 is 0.923 bits per heavy atom. The molecule has 8 nitrogen and oxygen atoms in total. The minimum atomic E-state index is -0.289. The van der Waals surface area contributed by atoms with Crippen molar-refractivity contribution in [3.8, 4) is 5.75 Å². The minimum Gasteiger partial charge on any atom is -0.497 e. The Bertz CT molecular complexity index is 1300. The largest absolute Gasteiger partial charge is 0.497 e. The van der Waals surface area contributed by atoms with Crippen LogP contribution in [0.1, 0.15) is 34.6 Å². The highest BCUT2D eigenvalue weighted by Crippen LogP contribution is 2.22. The van der Waals surface area contributed by atoms with Crippen LogP contribution >= 0.6 is 11.6 Å². The number of anilines is 2. The average Bonchev–Trinajstić information content (AvgIpc) is 2.96. The zero-order valence-electron chi connectivity index (χ0n) is 22.4. The van der Waals surface area contributed by atoms with Gasteiger partial charge in [0.1, 0.15) is 12.3 Å². The first kappa shape index (κ1) is 28.0. The molecule has 0 saturated carbocycles. The zero-order valence-corrected chi connectivity index (χ0v) is 23.1. The summed E-state index contributed by atoms with van der Waals surface area (Å²) < 4.78 is 5.17. The van der Waals surface area contributed by atoms with Crippen molar-refractivity contribution in [1.82, 2.24) is 9.80 Å². The van der Waals surface area contributed by atoms with Crippen LogP contribution in [0.25, 0.3) is 0 Å². The number of hydrogen-bond donors (Lipinski definition) is 1. The fourth-order valence-corrected chi connectivity index (χ4v) is 4.69. The maximum Gasteiger partial charge on any atom is 0.256 e. The predicted octanol–water partition coefficient (Wildman–Crippen LogP) is 4.80. The molecule has 4 rings (SSSR count). The van der Waals surface area contributed by atoms with Crippen LogP contribution in [-0.4, -0.2) is 73.4 Å². The first-order chi connectivity index (χ1) is 18.8. The van der Waals surface area contributed by atoms with Crippen LogP contribution in [0.2, 0.25) is 5.02 Å². The number of nitrogens with one attached hydrogen (secondary N) is 1. The molecule has 0 unspecified atom stereocenters. The number of ether oxygens (including phenoxy) is 1. The first-order valence-corrected chi connectivity index (χ1v) is 13.3. The number of halogens is 1. The number of benzene rings is 3. The predicted molar refractivity (Wildman–Crippen MR) is 154 cm³/mol. The molecule has 0 aromatic heterocycles. The van der Waals surface area contributed by atoms with Gasteiger partial charge in [0.15, 0.2) is 0 Å². The first-order valence-electron chi connectivity index (χ1n) is 12.9. The van der Waals surface area contributed by atoms with Crippen molar-refractivity contribution in [1.29, 1.82) is 0 Å². The SMILES string of the molecule is COc1ccc(C(=O)N2CCN(c3ccc(NC(=O)CN(C(=O)c4ccccc4Cl)C(C)C)cc3)CC2)cc1. The van der Waals surface area contributed by atoms with E-state index in [9.17, 15) is 14.4 Å². The number of carbonyl (C=O) groups is 3. The monoisotopic (exact) mass is 548 g/mol. The van der Waals surface area contributed by atoms with E-state index in [2.05, 4.69) is 10.2 Å². The Hall–Kier alpha value is -4.04. The highest BCUT2D eigenvalue weighted by atomic mass is 35.5. The van der Waals surface area contributed by atoms with Gasteiger partial charge in [0.05, 0.1) is 17.7 Å². The van der Waals surface area contributed by atoms with E-state index in [-0.39, 0.29) is 30.3 Å². The summed E-state index contributed by atoms with van der Waals surface area (Å²) in [5, 5.41) is 3.24. The Labute approximate surface area is 234 Å². The fourth-order valence-electron chi connectivity index (χ4n) is 4.47. The summed E-state index contributed by atoms with van der Waals surface area (Å²) in [6.07, 6.45) is 0.